The molecule has 0 bridgehead atoms. The van der Waals surface area contributed by atoms with Crippen LogP contribution < -0.4 is 5.11 Å². The van der Waals surface area contributed by atoms with E-state index in [0.717, 1.165) is 0 Å². The van der Waals surface area contributed by atoms with E-state index in [0.29, 0.717) is 0 Å². The molecule has 0 unspecified atom stereocenters. The molecule has 0 aromatic carbocycles. The van der Waals surface area contributed by atoms with Crippen molar-refractivity contribution in [3.63, 3.8) is 0 Å². The quantitative estimate of drug-likeness (QED) is 0.375. The van der Waals surface area contributed by atoms with Gasteiger partial charge in [-0.3, -0.25) is 0 Å². The Hall–Kier alpha value is -1.54. The van der Waals surface area contributed by atoms with Gasteiger partial charge in [0.15, 0.2) is 0 Å². The van der Waals surface area contributed by atoms with E-state index in [-0.39, 0.29) is 18.4 Å². The second kappa shape index (κ2) is 23.7. The molecule has 0 aliphatic carbocycles. The van der Waals surface area contributed by atoms with Gasteiger partial charge in [-0.25, -0.2) is 14.7 Å². The molecule has 0 aliphatic rings. The van der Waals surface area contributed by atoms with Gasteiger partial charge in [-0.2, -0.15) is 0 Å². The highest BCUT2D eigenvalue weighted by atomic mass is 16.6. The first-order valence-electron chi connectivity index (χ1n) is 1.31. The summed E-state index contributed by atoms with van der Waals surface area (Å²) in [6.07, 6.45) is -3.67. The van der Waals surface area contributed by atoms with Crippen molar-refractivity contribution in [3.8, 4) is 0 Å². The summed E-state index contributed by atoms with van der Waals surface area (Å²) in [6, 6.07) is 0. The lowest BCUT2D eigenvalue weighted by Crippen LogP contribution is -2.17. The molecule has 0 aromatic rings. The molecule has 0 heterocycles. The Labute approximate surface area is 61.9 Å². The van der Waals surface area contributed by atoms with E-state index < -0.39 is 12.3 Å². The smallest absolute Gasteiger partial charge is 0.512 e. The zero-order valence-corrected chi connectivity index (χ0v) is 4.77. The Bertz CT molecular complexity index is 67.3. The molecule has 11 heavy (non-hydrogen) atoms. The molecule has 10 N–H and O–H groups in total. The SMILES string of the molecule is C.O=C(O)O.O=C([O-])[OH2+].[OH3+].[OH3+]. The van der Waals surface area contributed by atoms with Crippen LogP contribution in [0.25, 0.3) is 0 Å². The predicted molar refractivity (Wildman–Crippen MR) is 36.1 cm³/mol. The molecule has 0 aliphatic heterocycles. The Morgan fingerprint density at radius 1 is 1.18 bits per heavy atom. The minimum absolute atomic E-state index is 0. The molecule has 0 atom stereocenters. The van der Waals surface area contributed by atoms with E-state index in [1.165, 1.54) is 0 Å². The van der Waals surface area contributed by atoms with Gasteiger partial charge in [0, 0.05) is 0 Å². The summed E-state index contributed by atoms with van der Waals surface area (Å²) >= 11 is 0. The Kier molecular flexibility index (Phi) is 73.2. The topological polar surface area (TPSA) is 187 Å². The number of hydrogen-bond donors (Lipinski definition) is 2. The van der Waals surface area contributed by atoms with E-state index in [2.05, 4.69) is 0 Å². The molecule has 8 heteroatoms. The molecular weight excluding hydrogens is 164 g/mol. The third-order valence-corrected chi connectivity index (χ3v) is 0. The lowest BCUT2D eigenvalue weighted by atomic mass is 11.5. The number of rotatable bonds is 0. The maximum atomic E-state index is 8.56. The van der Waals surface area contributed by atoms with Crippen LogP contribution in [0.4, 0.5) is 9.59 Å². The molecular formula is C3H14O8+2. The molecule has 0 rings (SSSR count). The molecule has 0 saturated heterocycles. The molecule has 0 radical (unpaired) electrons. The van der Waals surface area contributed by atoms with Crippen LogP contribution >= 0.6 is 0 Å². The van der Waals surface area contributed by atoms with Gasteiger partial charge >= 0.3 is 12.3 Å². The van der Waals surface area contributed by atoms with Crippen molar-refractivity contribution in [2.24, 2.45) is 0 Å². The van der Waals surface area contributed by atoms with Crippen LogP contribution in [-0.4, -0.2) is 27.6 Å². The molecule has 8 nitrogen and oxygen atoms in total. The van der Waals surface area contributed by atoms with Gasteiger partial charge in [-0.05, 0) is 0 Å². The number of carboxylic acid groups (broad SMARTS) is 3. The number of hydrogen-bond acceptors (Lipinski definition) is 3. The van der Waals surface area contributed by atoms with Crippen LogP contribution in [0.5, 0.6) is 0 Å². The van der Waals surface area contributed by atoms with Crippen molar-refractivity contribution in [1.29, 1.82) is 0 Å². The van der Waals surface area contributed by atoms with Crippen LogP contribution in [0, 0.1) is 0 Å². The van der Waals surface area contributed by atoms with Crippen molar-refractivity contribution in [1.82, 2.24) is 0 Å². The van der Waals surface area contributed by atoms with Gasteiger partial charge in [0.05, 0.1) is 0 Å². The van der Waals surface area contributed by atoms with Crippen LogP contribution in [0.15, 0.2) is 0 Å². The van der Waals surface area contributed by atoms with Crippen molar-refractivity contribution >= 4 is 12.3 Å². The summed E-state index contributed by atoms with van der Waals surface area (Å²) < 4.78 is 0. The van der Waals surface area contributed by atoms with E-state index >= 15 is 0 Å². The van der Waals surface area contributed by atoms with Crippen molar-refractivity contribution in [2.45, 2.75) is 7.43 Å². The summed E-state index contributed by atoms with van der Waals surface area (Å²) in [5, 5.41) is 27.9. The Morgan fingerprint density at radius 3 is 1.18 bits per heavy atom. The molecule has 0 amide bonds. The number of carbonyl (C=O) groups excluding carboxylic acids is 1. The normalized spacial score (nSPS) is 4.36. The van der Waals surface area contributed by atoms with Crippen molar-refractivity contribution in [2.75, 3.05) is 0 Å². The summed E-state index contributed by atoms with van der Waals surface area (Å²) in [4.78, 5) is 17.1. The average molecular weight is 178 g/mol. The fourth-order valence-electron chi connectivity index (χ4n) is 0. The first-order valence-corrected chi connectivity index (χ1v) is 1.31. The largest absolute Gasteiger partial charge is 0.587 e. The lowest BCUT2D eigenvalue weighted by molar-refractivity contribution is -0.275. The van der Waals surface area contributed by atoms with E-state index in [9.17, 15) is 0 Å². The Morgan fingerprint density at radius 2 is 1.18 bits per heavy atom. The van der Waals surface area contributed by atoms with Crippen LogP contribution in [-0.2, 0) is 11.0 Å². The summed E-state index contributed by atoms with van der Waals surface area (Å²) in [5.41, 5.74) is 0. The van der Waals surface area contributed by atoms with Crippen LogP contribution in [0.2, 0.25) is 0 Å². The maximum Gasteiger partial charge on any atom is 0.512 e. The fourth-order valence-corrected chi connectivity index (χ4v) is 0. The second-order valence-electron chi connectivity index (χ2n) is 0.570. The minimum atomic E-state index is -1.83. The van der Waals surface area contributed by atoms with Gasteiger partial charge < -0.3 is 26.3 Å². The average Bonchev–Trinajstić information content (AvgIpc) is 1.25. The lowest BCUT2D eigenvalue weighted by Gasteiger charge is -1.60. The highest BCUT2D eigenvalue weighted by Crippen LogP contribution is 1.42. The highest BCUT2D eigenvalue weighted by molar-refractivity contribution is 5.53. The third kappa shape index (κ3) is 149. The standard InChI is InChI=1S/2CH2O3.CH4.2H2O/c2*2-1(3)4;;;/h2*(H2,2,3,4);1H4;2*1H2/p+2. The first kappa shape index (κ1) is 34.0. The van der Waals surface area contributed by atoms with Gasteiger partial charge in [0.2, 0.25) is 0 Å². The van der Waals surface area contributed by atoms with Crippen molar-refractivity contribution < 1.29 is 41.0 Å². The molecule has 0 fully saturated rings. The van der Waals surface area contributed by atoms with Crippen LogP contribution in [0.1, 0.15) is 7.43 Å². The van der Waals surface area contributed by atoms with E-state index in [1.807, 2.05) is 0 Å². The number of carbonyl (C=O) groups is 2. The Balaban J connectivity index is -0.0000000171. The van der Waals surface area contributed by atoms with Gasteiger partial charge in [-0.1, -0.05) is 7.43 Å². The predicted octanol–water partition coefficient (Wildman–Crippen LogP) is -2.93. The summed E-state index contributed by atoms with van der Waals surface area (Å²) in [5.74, 6) is 0. The first-order chi connectivity index (χ1) is 3.46. The zero-order valence-electron chi connectivity index (χ0n) is 4.77. The zero-order chi connectivity index (χ0) is 7.15. The summed E-state index contributed by atoms with van der Waals surface area (Å²) in [6.45, 7) is 0. The highest BCUT2D eigenvalue weighted by Gasteiger charge is 1.72. The molecule has 0 aromatic heterocycles. The summed E-state index contributed by atoms with van der Waals surface area (Å²) in [7, 11) is 0. The third-order valence-electron chi connectivity index (χ3n) is 0. The molecule has 0 saturated carbocycles. The van der Waals surface area contributed by atoms with Gasteiger partial charge in [0.1, 0.15) is 0 Å². The fraction of sp³-hybridized carbons (Fsp3) is 0.333. The van der Waals surface area contributed by atoms with Gasteiger partial charge in [0.25, 0.3) is 0 Å². The van der Waals surface area contributed by atoms with Crippen molar-refractivity contribution in [3.05, 3.63) is 0 Å². The molecule has 72 valence electrons. The minimum Gasteiger partial charge on any atom is -0.587 e. The second-order valence-corrected chi connectivity index (χ2v) is 0.570. The van der Waals surface area contributed by atoms with E-state index in [4.69, 9.17) is 30.0 Å². The maximum absolute atomic E-state index is 8.56. The monoisotopic (exact) mass is 178 g/mol. The van der Waals surface area contributed by atoms with Gasteiger partial charge in [-0.15, -0.1) is 0 Å². The molecule has 0 spiro atoms. The van der Waals surface area contributed by atoms with E-state index in [1.54, 1.807) is 0 Å². The van der Waals surface area contributed by atoms with Crippen LogP contribution in [0.3, 0.4) is 0 Å².